The van der Waals surface area contributed by atoms with Crippen LogP contribution in [-0.4, -0.2) is 49.8 Å². The van der Waals surface area contributed by atoms with Gasteiger partial charge in [0.05, 0.1) is 56.2 Å². The van der Waals surface area contributed by atoms with Gasteiger partial charge in [-0.05, 0) is 142 Å². The van der Waals surface area contributed by atoms with Gasteiger partial charge in [0.1, 0.15) is 0 Å². The highest BCUT2D eigenvalue weighted by Crippen LogP contribution is 2.40. The van der Waals surface area contributed by atoms with Gasteiger partial charge in [-0.2, -0.15) is 0 Å². The van der Waals surface area contributed by atoms with E-state index in [4.69, 9.17) is 39.9 Å². The normalized spacial score (nSPS) is 11.5. The summed E-state index contributed by atoms with van der Waals surface area (Å²) in [6.45, 7) is 13.1. The molecule has 116 heavy (non-hydrogen) atoms. The molecule has 0 unspecified atom stereocenters. The second kappa shape index (κ2) is 30.7. The Labute approximate surface area is 673 Å². The third-order valence-electron chi connectivity index (χ3n) is 22.0. The van der Waals surface area contributed by atoms with Gasteiger partial charge in [0, 0.05) is 124 Å². The van der Waals surface area contributed by atoms with Crippen LogP contribution in [0.25, 0.3) is 200 Å². The number of benzene rings is 12. The van der Waals surface area contributed by atoms with Gasteiger partial charge in [0.15, 0.2) is 11.6 Å². The van der Waals surface area contributed by atoms with E-state index < -0.39 is 0 Å². The Morgan fingerprint density at radius 2 is 0.603 bits per heavy atom. The van der Waals surface area contributed by atoms with Crippen molar-refractivity contribution >= 4 is 65.2 Å². The monoisotopic (exact) mass is 1490 g/mol. The Bertz CT molecular complexity index is 7150. The zero-order chi connectivity index (χ0) is 78.3. The molecule has 8 heterocycles. The van der Waals surface area contributed by atoms with E-state index in [9.17, 15) is 0 Å². The second-order valence-corrected chi connectivity index (χ2v) is 30.4. The summed E-state index contributed by atoms with van der Waals surface area (Å²) >= 11 is 0. The van der Waals surface area contributed by atoms with Crippen LogP contribution < -0.4 is 0 Å². The van der Waals surface area contributed by atoms with Crippen molar-refractivity contribution in [3.05, 3.63) is 375 Å². The predicted molar refractivity (Wildman–Crippen MR) is 479 cm³/mol. The number of aryl methyl sites for hydroxylation is 2. The summed E-state index contributed by atoms with van der Waals surface area (Å²) < 4.78 is 0. The van der Waals surface area contributed by atoms with Crippen LogP contribution in [0.1, 0.15) is 62.0 Å². The van der Waals surface area contributed by atoms with Crippen molar-refractivity contribution < 1.29 is 0 Å². The molecule has 12 aromatic carbocycles. The Balaban J connectivity index is 0.000000155. The van der Waals surface area contributed by atoms with Crippen molar-refractivity contribution in [2.45, 2.75) is 53.4 Å². The minimum Gasteiger partial charge on any atom is -0.263 e. The number of aromatic nitrogens is 10. The standard InChI is InChI=1S/C55H43N5.C51H35N5/c1-34(2)47-30-50(58-54-46(47)26-24-38-25-27-49(35(3)4)57-53(38)54)42-17-10-15-40(28-42)36-20-22-39(23-21-36)55-59-51(37-12-6-5-7-13-37)31-52(60-55)43-18-11-16-41(29-43)48-33-56-32-44-14-8-9-19-45(44)48;1-32-26-46(54-50-43(32)25-24-37-19-18-33(2)53-49(37)50)40-15-8-13-38(27-40)34-20-22-36(23-21-34)48-29-47(35-10-4-3-5-11-35)55-51(56-48)41-16-9-14-39(28-41)45-31-52-30-42-12-6-7-17-44(42)45/h5-35H,1-4H3;3-31H,1-2H3. The molecule has 0 bridgehead atoms. The molecule has 20 aromatic rings. The van der Waals surface area contributed by atoms with E-state index in [1.54, 1.807) is 0 Å². The fourth-order valence-corrected chi connectivity index (χ4v) is 15.8. The third-order valence-corrected chi connectivity index (χ3v) is 22.0. The lowest BCUT2D eigenvalue weighted by Gasteiger charge is -2.15. The van der Waals surface area contributed by atoms with Crippen LogP contribution in [0.3, 0.4) is 0 Å². The molecule has 0 radical (unpaired) electrons. The van der Waals surface area contributed by atoms with Crippen LogP contribution in [0, 0.1) is 13.8 Å². The summed E-state index contributed by atoms with van der Waals surface area (Å²) in [5.41, 5.74) is 30.6. The topological polar surface area (TPSA) is 129 Å². The molecule has 0 N–H and O–H groups in total. The first-order chi connectivity index (χ1) is 56.9. The zero-order valence-electron chi connectivity index (χ0n) is 65.1. The molecule has 0 saturated heterocycles. The van der Waals surface area contributed by atoms with E-state index in [1.165, 1.54) is 16.5 Å². The van der Waals surface area contributed by atoms with Crippen molar-refractivity contribution in [1.29, 1.82) is 0 Å². The summed E-state index contributed by atoms with van der Waals surface area (Å²) in [5.74, 6) is 2.00. The number of fused-ring (bicyclic) bond motifs is 8. The fraction of sp³-hybridized carbons (Fsp3) is 0.0755. The van der Waals surface area contributed by atoms with Crippen molar-refractivity contribution in [2.75, 3.05) is 0 Å². The maximum atomic E-state index is 5.33. The molecule has 552 valence electrons. The van der Waals surface area contributed by atoms with Gasteiger partial charge in [0.2, 0.25) is 0 Å². The van der Waals surface area contributed by atoms with Crippen LogP contribution in [0.4, 0.5) is 0 Å². The Kier molecular flexibility index (Phi) is 19.0. The quantitative estimate of drug-likeness (QED) is 0.0971. The molecule has 20 rings (SSSR count). The van der Waals surface area contributed by atoms with E-state index in [1.807, 2.05) is 80.2 Å². The zero-order valence-corrected chi connectivity index (χ0v) is 65.1. The molecule has 0 amide bonds. The lowest BCUT2D eigenvalue weighted by molar-refractivity contribution is 0.830. The van der Waals surface area contributed by atoms with Gasteiger partial charge in [-0.15, -0.1) is 0 Å². The van der Waals surface area contributed by atoms with Crippen LogP contribution in [0.5, 0.6) is 0 Å². The summed E-state index contributed by atoms with van der Waals surface area (Å²) in [4.78, 5) is 50.2. The Morgan fingerprint density at radius 3 is 1.15 bits per heavy atom. The van der Waals surface area contributed by atoms with Gasteiger partial charge >= 0.3 is 0 Å². The third kappa shape index (κ3) is 14.3. The van der Waals surface area contributed by atoms with E-state index >= 15 is 0 Å². The highest BCUT2D eigenvalue weighted by molar-refractivity contribution is 6.07. The summed E-state index contributed by atoms with van der Waals surface area (Å²) in [6.07, 6.45) is 7.71. The highest BCUT2D eigenvalue weighted by Gasteiger charge is 2.20. The molecule has 10 heteroatoms. The molecule has 8 aromatic heterocycles. The Morgan fingerprint density at radius 1 is 0.216 bits per heavy atom. The molecule has 0 fully saturated rings. The molecule has 0 aliphatic carbocycles. The van der Waals surface area contributed by atoms with Gasteiger partial charge in [-0.25, -0.2) is 29.9 Å². The molecule has 0 aliphatic rings. The van der Waals surface area contributed by atoms with Crippen LogP contribution in [-0.2, 0) is 0 Å². The van der Waals surface area contributed by atoms with Crippen LogP contribution >= 0.6 is 0 Å². The first-order valence-electron chi connectivity index (χ1n) is 39.5. The molecular weight excluding hydrogens is 1410 g/mol. The minimum atomic E-state index is 0.323. The van der Waals surface area contributed by atoms with Gasteiger partial charge in [0.25, 0.3) is 0 Å². The highest BCUT2D eigenvalue weighted by atomic mass is 14.9. The van der Waals surface area contributed by atoms with Crippen molar-refractivity contribution in [1.82, 2.24) is 49.8 Å². The fourth-order valence-electron chi connectivity index (χ4n) is 15.8. The van der Waals surface area contributed by atoms with Crippen molar-refractivity contribution in [3.63, 3.8) is 0 Å². The maximum Gasteiger partial charge on any atom is 0.160 e. The lowest BCUT2D eigenvalue weighted by Crippen LogP contribution is -1.98. The average molecular weight is 1490 g/mol. The Hall–Kier alpha value is -14.7. The lowest BCUT2D eigenvalue weighted by atomic mass is 9.94. The average Bonchev–Trinajstić information content (AvgIpc) is 0.756. The van der Waals surface area contributed by atoms with E-state index in [0.717, 1.165) is 194 Å². The van der Waals surface area contributed by atoms with Gasteiger partial charge < -0.3 is 0 Å². The molecular formula is C106H78N10. The van der Waals surface area contributed by atoms with Crippen molar-refractivity contribution in [2.24, 2.45) is 0 Å². The van der Waals surface area contributed by atoms with Gasteiger partial charge in [-0.3, -0.25) is 19.9 Å². The largest absolute Gasteiger partial charge is 0.263 e. The van der Waals surface area contributed by atoms with Gasteiger partial charge in [-0.1, -0.05) is 295 Å². The summed E-state index contributed by atoms with van der Waals surface area (Å²) in [7, 11) is 0. The molecule has 0 spiro atoms. The SMILES string of the molecule is CC(C)c1ccc2ccc3c(C(C)C)cc(-c4cccc(-c5ccc(-c6nc(-c7ccccc7)cc(-c7cccc(-c8cncc9ccccc89)c7)n6)cc5)c4)nc3c2n1.Cc1ccc2ccc3c(C)cc(-c4cccc(-c5ccc(-c6cc(-c7ccccc7)nc(-c7cccc(-c8cncc9ccccc89)c7)n6)cc5)c4)nc3c2n1. The number of nitrogens with zero attached hydrogens (tertiary/aromatic N) is 10. The summed E-state index contributed by atoms with van der Waals surface area (Å²) in [6, 6.07) is 115. The molecule has 0 atom stereocenters. The predicted octanol–water partition coefficient (Wildman–Crippen LogP) is 27.1. The molecule has 0 aliphatic heterocycles. The number of rotatable bonds is 14. The minimum absolute atomic E-state index is 0.323. The number of pyridine rings is 6. The smallest absolute Gasteiger partial charge is 0.160 e. The maximum absolute atomic E-state index is 5.33. The summed E-state index contributed by atoms with van der Waals surface area (Å²) in [5, 5.41) is 9.05. The number of hydrogen-bond acceptors (Lipinski definition) is 10. The first kappa shape index (κ1) is 71.6. The second-order valence-electron chi connectivity index (χ2n) is 30.4. The number of hydrogen-bond donors (Lipinski definition) is 0. The van der Waals surface area contributed by atoms with Crippen LogP contribution in [0.2, 0.25) is 0 Å². The first-order valence-corrected chi connectivity index (χ1v) is 39.5. The van der Waals surface area contributed by atoms with E-state index in [0.29, 0.717) is 23.5 Å². The molecule has 10 nitrogen and oxygen atoms in total. The van der Waals surface area contributed by atoms with E-state index in [-0.39, 0.29) is 0 Å². The van der Waals surface area contributed by atoms with Crippen LogP contribution in [0.15, 0.2) is 352 Å². The van der Waals surface area contributed by atoms with E-state index in [2.05, 4.69) is 324 Å². The molecule has 0 saturated carbocycles. The van der Waals surface area contributed by atoms with Crippen molar-refractivity contribution in [3.8, 4) is 135 Å².